The Bertz CT molecular complexity index is 462. The molecule has 0 spiro atoms. The predicted octanol–water partition coefficient (Wildman–Crippen LogP) is 0.829. The summed E-state index contributed by atoms with van der Waals surface area (Å²) in [5.74, 6) is 0.161. The lowest BCUT2D eigenvalue weighted by Gasteiger charge is -2.07. The molecule has 0 aliphatic heterocycles. The Kier molecular flexibility index (Phi) is 5.74. The van der Waals surface area contributed by atoms with Crippen LogP contribution in [0.1, 0.15) is 12.5 Å². The third-order valence-electron chi connectivity index (χ3n) is 2.44. The lowest BCUT2D eigenvalue weighted by Crippen LogP contribution is -2.29. The van der Waals surface area contributed by atoms with Gasteiger partial charge < -0.3 is 15.4 Å². The molecule has 19 heavy (non-hydrogen) atoms. The molecule has 0 aliphatic rings. The third-order valence-corrected chi connectivity index (χ3v) is 2.44. The Morgan fingerprint density at radius 3 is 2.74 bits per heavy atom. The standard InChI is InChI=1S/C12H17N3O4/c1-9(16)14-6-5-13-8-10-3-4-12(19-2)11(7-10)15(17)18/h3-4,7,13H,5-6,8H2,1-2H3,(H,14,16). The zero-order valence-corrected chi connectivity index (χ0v) is 10.9. The van der Waals surface area contributed by atoms with Crippen molar-refractivity contribution in [3.63, 3.8) is 0 Å². The maximum Gasteiger partial charge on any atom is 0.311 e. The number of hydrogen-bond acceptors (Lipinski definition) is 5. The number of ether oxygens (including phenoxy) is 1. The van der Waals surface area contributed by atoms with Crippen LogP contribution in [0.3, 0.4) is 0 Å². The van der Waals surface area contributed by atoms with Crippen LogP contribution in [0.4, 0.5) is 5.69 Å². The first-order valence-corrected chi connectivity index (χ1v) is 5.81. The van der Waals surface area contributed by atoms with Crippen LogP contribution in [0.2, 0.25) is 0 Å². The van der Waals surface area contributed by atoms with Crippen molar-refractivity contribution in [2.45, 2.75) is 13.5 Å². The average Bonchev–Trinajstić information content (AvgIpc) is 2.37. The summed E-state index contributed by atoms with van der Waals surface area (Å²) in [5, 5.41) is 16.6. The molecule has 7 heteroatoms. The summed E-state index contributed by atoms with van der Waals surface area (Å²) < 4.78 is 4.92. The minimum absolute atomic E-state index is 0.0522. The van der Waals surface area contributed by atoms with E-state index in [1.165, 1.54) is 20.1 Å². The van der Waals surface area contributed by atoms with Gasteiger partial charge in [0.2, 0.25) is 5.91 Å². The molecule has 1 aromatic carbocycles. The zero-order valence-electron chi connectivity index (χ0n) is 10.9. The number of amides is 1. The van der Waals surface area contributed by atoms with Gasteiger partial charge in [0.1, 0.15) is 0 Å². The number of benzene rings is 1. The maximum absolute atomic E-state index is 10.8. The highest BCUT2D eigenvalue weighted by Gasteiger charge is 2.14. The Balaban J connectivity index is 2.53. The van der Waals surface area contributed by atoms with E-state index >= 15 is 0 Å². The molecule has 2 N–H and O–H groups in total. The van der Waals surface area contributed by atoms with Crippen molar-refractivity contribution >= 4 is 11.6 Å². The first-order chi connectivity index (χ1) is 9.04. The lowest BCUT2D eigenvalue weighted by atomic mass is 10.2. The Hall–Kier alpha value is -2.15. The van der Waals surface area contributed by atoms with Crippen molar-refractivity contribution in [1.82, 2.24) is 10.6 Å². The van der Waals surface area contributed by atoms with Crippen LogP contribution in [0.25, 0.3) is 0 Å². The largest absolute Gasteiger partial charge is 0.490 e. The van der Waals surface area contributed by atoms with Crippen LogP contribution < -0.4 is 15.4 Å². The number of nitro benzene ring substituents is 1. The second-order valence-corrected chi connectivity index (χ2v) is 3.92. The predicted molar refractivity (Wildman–Crippen MR) is 70.0 cm³/mol. The van der Waals surface area contributed by atoms with Gasteiger partial charge >= 0.3 is 5.69 Å². The number of nitrogens with zero attached hydrogens (tertiary/aromatic N) is 1. The first kappa shape index (κ1) is 14.9. The molecular formula is C12H17N3O4. The first-order valence-electron chi connectivity index (χ1n) is 5.81. The second-order valence-electron chi connectivity index (χ2n) is 3.92. The second kappa shape index (κ2) is 7.32. The number of nitrogens with one attached hydrogen (secondary N) is 2. The van der Waals surface area contributed by atoms with Crippen LogP contribution in [0.5, 0.6) is 5.75 Å². The van der Waals surface area contributed by atoms with Crippen molar-refractivity contribution in [1.29, 1.82) is 0 Å². The average molecular weight is 267 g/mol. The van der Waals surface area contributed by atoms with Gasteiger partial charge in [0.15, 0.2) is 5.75 Å². The quantitative estimate of drug-likeness (QED) is 0.433. The number of carbonyl (C=O) groups is 1. The lowest BCUT2D eigenvalue weighted by molar-refractivity contribution is -0.385. The fraction of sp³-hybridized carbons (Fsp3) is 0.417. The molecule has 104 valence electrons. The molecule has 0 saturated carbocycles. The third kappa shape index (κ3) is 4.92. The van der Waals surface area contributed by atoms with Crippen LogP contribution in [0.15, 0.2) is 18.2 Å². The topological polar surface area (TPSA) is 93.5 Å². The minimum atomic E-state index is -0.473. The summed E-state index contributed by atoms with van der Waals surface area (Å²) in [6, 6.07) is 4.81. The van der Waals surface area contributed by atoms with Crippen molar-refractivity contribution in [2.75, 3.05) is 20.2 Å². The highest BCUT2D eigenvalue weighted by atomic mass is 16.6. The smallest absolute Gasteiger partial charge is 0.311 e. The van der Waals surface area contributed by atoms with Crippen LogP contribution in [-0.4, -0.2) is 31.0 Å². The fourth-order valence-electron chi connectivity index (χ4n) is 1.55. The normalized spacial score (nSPS) is 10.0. The Morgan fingerprint density at radius 1 is 1.42 bits per heavy atom. The molecule has 0 bridgehead atoms. The molecule has 0 heterocycles. The molecule has 0 aromatic heterocycles. The summed E-state index contributed by atoms with van der Waals surface area (Å²) >= 11 is 0. The van der Waals surface area contributed by atoms with E-state index in [4.69, 9.17) is 4.74 Å². The van der Waals surface area contributed by atoms with Gasteiger partial charge in [-0.3, -0.25) is 14.9 Å². The van der Waals surface area contributed by atoms with Crippen molar-refractivity contribution in [3.8, 4) is 5.75 Å². The van der Waals surface area contributed by atoms with Gasteiger partial charge in [0.05, 0.1) is 12.0 Å². The van der Waals surface area contributed by atoms with E-state index in [0.717, 1.165) is 5.56 Å². The highest BCUT2D eigenvalue weighted by molar-refractivity contribution is 5.72. The summed E-state index contributed by atoms with van der Waals surface area (Å²) in [4.78, 5) is 21.0. The van der Waals surface area contributed by atoms with Gasteiger partial charge in [0, 0.05) is 32.6 Å². The summed E-state index contributed by atoms with van der Waals surface area (Å²) in [5.41, 5.74) is 0.735. The molecular weight excluding hydrogens is 250 g/mol. The molecule has 0 saturated heterocycles. The Labute approximate surface area is 111 Å². The van der Waals surface area contributed by atoms with E-state index in [9.17, 15) is 14.9 Å². The molecule has 0 unspecified atom stereocenters. The summed E-state index contributed by atoms with van der Waals surface area (Å²) in [7, 11) is 1.40. The number of nitro groups is 1. The van der Waals surface area contributed by atoms with Gasteiger partial charge in [-0.25, -0.2) is 0 Å². The van der Waals surface area contributed by atoms with E-state index < -0.39 is 4.92 Å². The SMILES string of the molecule is COc1ccc(CNCCNC(C)=O)cc1[N+](=O)[O-]. The van der Waals surface area contributed by atoms with E-state index in [2.05, 4.69) is 10.6 Å². The highest BCUT2D eigenvalue weighted by Crippen LogP contribution is 2.27. The number of rotatable bonds is 7. The van der Waals surface area contributed by atoms with Gasteiger partial charge in [-0.05, 0) is 11.6 Å². The van der Waals surface area contributed by atoms with Crippen molar-refractivity contribution in [2.24, 2.45) is 0 Å². The van der Waals surface area contributed by atoms with Crippen molar-refractivity contribution < 1.29 is 14.5 Å². The number of carbonyl (C=O) groups excluding carboxylic acids is 1. The molecule has 7 nitrogen and oxygen atoms in total. The van der Waals surface area contributed by atoms with Gasteiger partial charge in [-0.2, -0.15) is 0 Å². The summed E-state index contributed by atoms with van der Waals surface area (Å²) in [6.07, 6.45) is 0. The Morgan fingerprint density at radius 2 is 2.16 bits per heavy atom. The van der Waals surface area contributed by atoms with Crippen LogP contribution in [-0.2, 0) is 11.3 Å². The molecule has 0 aliphatic carbocycles. The summed E-state index contributed by atoms with van der Waals surface area (Å²) in [6.45, 7) is 3.06. The minimum Gasteiger partial charge on any atom is -0.490 e. The fourth-order valence-corrected chi connectivity index (χ4v) is 1.55. The molecule has 1 rings (SSSR count). The van der Waals surface area contributed by atoms with Crippen LogP contribution in [0, 0.1) is 10.1 Å². The zero-order chi connectivity index (χ0) is 14.3. The van der Waals surface area contributed by atoms with E-state index in [1.54, 1.807) is 12.1 Å². The van der Waals surface area contributed by atoms with Crippen LogP contribution >= 0.6 is 0 Å². The van der Waals surface area contributed by atoms with E-state index in [1.807, 2.05) is 0 Å². The van der Waals surface area contributed by atoms with Gasteiger partial charge in [0.25, 0.3) is 0 Å². The number of hydrogen-bond donors (Lipinski definition) is 2. The number of methoxy groups -OCH3 is 1. The van der Waals surface area contributed by atoms with Crippen molar-refractivity contribution in [3.05, 3.63) is 33.9 Å². The van der Waals surface area contributed by atoms with E-state index in [0.29, 0.717) is 19.6 Å². The van der Waals surface area contributed by atoms with E-state index in [-0.39, 0.29) is 17.3 Å². The molecule has 1 aromatic rings. The van der Waals surface area contributed by atoms with Gasteiger partial charge in [-0.1, -0.05) is 6.07 Å². The molecule has 0 atom stereocenters. The van der Waals surface area contributed by atoms with Gasteiger partial charge in [-0.15, -0.1) is 0 Å². The molecule has 1 amide bonds. The maximum atomic E-state index is 10.8. The monoisotopic (exact) mass is 267 g/mol. The molecule has 0 fully saturated rings. The molecule has 0 radical (unpaired) electrons.